The highest BCUT2D eigenvalue weighted by Crippen LogP contribution is 2.45. The van der Waals surface area contributed by atoms with E-state index in [-0.39, 0.29) is 6.09 Å². The summed E-state index contributed by atoms with van der Waals surface area (Å²) in [4.78, 5) is 11.9. The molecule has 1 saturated heterocycles. The van der Waals surface area contributed by atoms with Crippen molar-refractivity contribution in [2.45, 2.75) is 64.5 Å². The Kier molecular flexibility index (Phi) is 3.85. The molecule has 0 bridgehead atoms. The maximum atomic E-state index is 11.9. The number of carbonyl (C=O) groups excluding carboxylic acids is 1. The molecule has 1 aliphatic heterocycles. The van der Waals surface area contributed by atoms with Gasteiger partial charge in [0.25, 0.3) is 0 Å². The van der Waals surface area contributed by atoms with Gasteiger partial charge in [-0.2, -0.15) is 0 Å². The van der Waals surface area contributed by atoms with Crippen molar-refractivity contribution in [2.24, 2.45) is 5.41 Å². The Hall–Kier alpha value is -0.770. The summed E-state index contributed by atoms with van der Waals surface area (Å²) in [5.74, 6) is 0. The monoisotopic (exact) mass is 254 g/mol. The predicted octanol–water partition coefficient (Wildman–Crippen LogP) is 2.43. The van der Waals surface area contributed by atoms with Crippen LogP contribution in [0.3, 0.4) is 0 Å². The summed E-state index contributed by atoms with van der Waals surface area (Å²) in [6, 6.07) is 0.300. The number of nitrogens with one attached hydrogen (secondary N) is 2. The third-order valence-corrected chi connectivity index (χ3v) is 4.20. The van der Waals surface area contributed by atoms with Crippen LogP contribution in [0.2, 0.25) is 0 Å². The molecule has 0 radical (unpaired) electrons. The van der Waals surface area contributed by atoms with E-state index in [0.717, 1.165) is 19.5 Å². The Morgan fingerprint density at radius 1 is 1.28 bits per heavy atom. The first-order chi connectivity index (χ1) is 8.41. The first-order valence-electron chi connectivity index (χ1n) is 7.12. The molecular weight excluding hydrogens is 228 g/mol. The van der Waals surface area contributed by atoms with Gasteiger partial charge in [0, 0.05) is 6.04 Å². The van der Waals surface area contributed by atoms with Crippen LogP contribution in [-0.4, -0.2) is 30.8 Å². The van der Waals surface area contributed by atoms with E-state index in [4.69, 9.17) is 4.74 Å². The average Bonchev–Trinajstić information content (AvgIpc) is 2.60. The summed E-state index contributed by atoms with van der Waals surface area (Å²) in [7, 11) is 0. The lowest BCUT2D eigenvalue weighted by Crippen LogP contribution is -2.50. The second kappa shape index (κ2) is 5.08. The van der Waals surface area contributed by atoms with Gasteiger partial charge in [-0.15, -0.1) is 0 Å². The Balaban J connectivity index is 1.93. The van der Waals surface area contributed by atoms with Crippen molar-refractivity contribution >= 4 is 6.09 Å². The van der Waals surface area contributed by atoms with Crippen molar-refractivity contribution in [2.75, 3.05) is 13.1 Å². The van der Waals surface area contributed by atoms with Gasteiger partial charge in [-0.25, -0.2) is 4.79 Å². The minimum atomic E-state index is -0.413. The number of piperidine rings is 1. The molecule has 0 unspecified atom stereocenters. The maximum Gasteiger partial charge on any atom is 0.407 e. The van der Waals surface area contributed by atoms with Crippen molar-refractivity contribution in [1.82, 2.24) is 10.6 Å². The van der Waals surface area contributed by atoms with Crippen molar-refractivity contribution in [1.29, 1.82) is 0 Å². The maximum absolute atomic E-state index is 11.9. The van der Waals surface area contributed by atoms with E-state index in [2.05, 4.69) is 10.6 Å². The third-order valence-electron chi connectivity index (χ3n) is 4.20. The third kappa shape index (κ3) is 3.16. The van der Waals surface area contributed by atoms with Crippen molar-refractivity contribution in [3.8, 4) is 0 Å². The lowest BCUT2D eigenvalue weighted by Gasteiger charge is -2.39. The SMILES string of the molecule is CC(C)(C)OC(=O)N[C@@H]1CCCC12CCNCC2. The second-order valence-electron chi connectivity index (χ2n) is 6.70. The number of rotatable bonds is 1. The predicted molar refractivity (Wildman–Crippen MR) is 71.5 cm³/mol. The fraction of sp³-hybridized carbons (Fsp3) is 0.929. The molecule has 104 valence electrons. The normalized spacial score (nSPS) is 27.2. The van der Waals surface area contributed by atoms with Crippen LogP contribution in [0.5, 0.6) is 0 Å². The largest absolute Gasteiger partial charge is 0.444 e. The molecule has 18 heavy (non-hydrogen) atoms. The van der Waals surface area contributed by atoms with E-state index in [1.165, 1.54) is 25.7 Å². The van der Waals surface area contributed by atoms with Crippen LogP contribution in [-0.2, 0) is 4.74 Å². The molecule has 1 atom stereocenters. The summed E-state index contributed by atoms with van der Waals surface area (Å²) in [6.45, 7) is 7.86. The Labute approximate surface area is 110 Å². The highest BCUT2D eigenvalue weighted by Gasteiger charge is 2.44. The molecule has 1 amide bonds. The number of amides is 1. The standard InChI is InChI=1S/C14H26N2O2/c1-13(2,3)18-12(17)16-11-5-4-6-14(11)7-9-15-10-8-14/h11,15H,4-10H2,1-3H3,(H,16,17)/t11-/m1/s1. The molecule has 0 aromatic heterocycles. The Morgan fingerprint density at radius 2 is 1.94 bits per heavy atom. The van der Waals surface area contributed by atoms with E-state index < -0.39 is 5.60 Å². The molecule has 1 aliphatic carbocycles. The van der Waals surface area contributed by atoms with Gasteiger partial charge < -0.3 is 15.4 Å². The number of hydrogen-bond acceptors (Lipinski definition) is 3. The smallest absolute Gasteiger partial charge is 0.407 e. The number of ether oxygens (including phenoxy) is 1. The van der Waals surface area contributed by atoms with Gasteiger partial charge in [-0.05, 0) is 65.0 Å². The zero-order chi connectivity index (χ0) is 13.2. The Bertz CT molecular complexity index is 303. The first kappa shape index (κ1) is 13.7. The molecule has 1 saturated carbocycles. The summed E-state index contributed by atoms with van der Waals surface area (Å²) in [5, 5.41) is 6.51. The van der Waals surface area contributed by atoms with Crippen LogP contribution < -0.4 is 10.6 Å². The van der Waals surface area contributed by atoms with Crippen LogP contribution in [0.25, 0.3) is 0 Å². The second-order valence-corrected chi connectivity index (χ2v) is 6.70. The fourth-order valence-electron chi connectivity index (χ4n) is 3.34. The lowest BCUT2D eigenvalue weighted by molar-refractivity contribution is 0.0437. The van der Waals surface area contributed by atoms with Crippen LogP contribution in [0.1, 0.15) is 52.9 Å². The summed E-state index contributed by atoms with van der Waals surface area (Å²) in [5.41, 5.74) is -0.0911. The molecule has 2 N–H and O–H groups in total. The molecule has 2 rings (SSSR count). The summed E-state index contributed by atoms with van der Waals surface area (Å²) >= 11 is 0. The zero-order valence-electron chi connectivity index (χ0n) is 11.8. The number of carbonyl (C=O) groups is 1. The summed E-state index contributed by atoms with van der Waals surface area (Å²) < 4.78 is 5.37. The fourth-order valence-corrected chi connectivity index (χ4v) is 3.34. The lowest BCUT2D eigenvalue weighted by atomic mass is 9.74. The van der Waals surface area contributed by atoms with E-state index >= 15 is 0 Å². The van der Waals surface area contributed by atoms with Gasteiger partial charge in [0.15, 0.2) is 0 Å². The van der Waals surface area contributed by atoms with Crippen LogP contribution in [0.15, 0.2) is 0 Å². The van der Waals surface area contributed by atoms with Crippen LogP contribution in [0.4, 0.5) is 4.79 Å². The minimum Gasteiger partial charge on any atom is -0.444 e. The quantitative estimate of drug-likeness (QED) is 0.755. The van der Waals surface area contributed by atoms with Gasteiger partial charge in [0.1, 0.15) is 5.60 Å². The molecule has 2 fully saturated rings. The van der Waals surface area contributed by atoms with E-state index in [1.54, 1.807) is 0 Å². The average molecular weight is 254 g/mol. The van der Waals surface area contributed by atoms with E-state index in [0.29, 0.717) is 11.5 Å². The van der Waals surface area contributed by atoms with Crippen molar-refractivity contribution < 1.29 is 9.53 Å². The molecule has 0 aromatic carbocycles. The van der Waals surface area contributed by atoms with Crippen molar-refractivity contribution in [3.05, 3.63) is 0 Å². The Morgan fingerprint density at radius 3 is 2.56 bits per heavy atom. The van der Waals surface area contributed by atoms with Gasteiger partial charge >= 0.3 is 6.09 Å². The molecule has 4 heteroatoms. The van der Waals surface area contributed by atoms with Gasteiger partial charge in [0.05, 0.1) is 0 Å². The molecule has 1 spiro atoms. The summed E-state index contributed by atoms with van der Waals surface area (Å²) in [6.07, 6.45) is 5.66. The van der Waals surface area contributed by atoms with E-state index in [9.17, 15) is 4.79 Å². The highest BCUT2D eigenvalue weighted by molar-refractivity contribution is 5.68. The molecule has 0 aromatic rings. The number of hydrogen-bond donors (Lipinski definition) is 2. The minimum absolute atomic E-state index is 0.257. The highest BCUT2D eigenvalue weighted by atomic mass is 16.6. The molecular formula is C14H26N2O2. The van der Waals surface area contributed by atoms with Crippen LogP contribution >= 0.6 is 0 Å². The van der Waals surface area contributed by atoms with Gasteiger partial charge in [-0.1, -0.05) is 6.42 Å². The van der Waals surface area contributed by atoms with Gasteiger partial charge in [0.2, 0.25) is 0 Å². The topological polar surface area (TPSA) is 50.4 Å². The van der Waals surface area contributed by atoms with Gasteiger partial charge in [-0.3, -0.25) is 0 Å². The molecule has 2 aliphatic rings. The van der Waals surface area contributed by atoms with Crippen molar-refractivity contribution in [3.63, 3.8) is 0 Å². The van der Waals surface area contributed by atoms with E-state index in [1.807, 2.05) is 20.8 Å². The van der Waals surface area contributed by atoms with Crippen LogP contribution in [0, 0.1) is 5.41 Å². The number of alkyl carbamates (subject to hydrolysis) is 1. The zero-order valence-corrected chi connectivity index (χ0v) is 11.8. The molecule has 1 heterocycles. The first-order valence-corrected chi connectivity index (χ1v) is 7.12. The molecule has 4 nitrogen and oxygen atoms in total.